The predicted molar refractivity (Wildman–Crippen MR) is 118 cm³/mol. The van der Waals surface area contributed by atoms with Crippen LogP contribution in [0.4, 0.5) is 4.39 Å². The summed E-state index contributed by atoms with van der Waals surface area (Å²) in [4.78, 5) is 29.0. The molecule has 0 aliphatic carbocycles. The van der Waals surface area contributed by atoms with E-state index in [2.05, 4.69) is 5.32 Å². The number of thiophene rings is 1. The van der Waals surface area contributed by atoms with Gasteiger partial charge in [0.25, 0.3) is 11.8 Å². The molecule has 1 N–H and O–H groups in total. The molecule has 0 bridgehead atoms. The Morgan fingerprint density at radius 2 is 1.84 bits per heavy atom. The molecule has 0 spiro atoms. The van der Waals surface area contributed by atoms with E-state index in [1.165, 1.54) is 35.6 Å². The van der Waals surface area contributed by atoms with Gasteiger partial charge in [-0.1, -0.05) is 12.1 Å². The smallest absolute Gasteiger partial charge is 0.261 e. The molecule has 2 heterocycles. The van der Waals surface area contributed by atoms with Gasteiger partial charge in [0.1, 0.15) is 11.6 Å². The summed E-state index contributed by atoms with van der Waals surface area (Å²) in [5.74, 6) is 0.151. The summed E-state index contributed by atoms with van der Waals surface area (Å²) in [6.07, 6.45) is 0.703. The van der Waals surface area contributed by atoms with Gasteiger partial charge in [0.05, 0.1) is 18.0 Å². The number of ether oxygens (including phenoxy) is 1. The van der Waals surface area contributed by atoms with Crippen molar-refractivity contribution in [2.45, 2.75) is 25.9 Å². The second-order valence-electron chi connectivity index (χ2n) is 7.51. The Kier molecular flexibility index (Phi) is 6.04. The van der Waals surface area contributed by atoms with Crippen LogP contribution in [0.15, 0.2) is 54.6 Å². The second-order valence-corrected chi connectivity index (χ2v) is 8.65. The van der Waals surface area contributed by atoms with Crippen molar-refractivity contribution in [2.24, 2.45) is 0 Å². The molecule has 0 saturated heterocycles. The maximum atomic E-state index is 13.1. The second kappa shape index (κ2) is 8.89. The Hall–Kier alpha value is -3.19. The van der Waals surface area contributed by atoms with Crippen LogP contribution in [-0.2, 0) is 13.0 Å². The molecule has 2 aromatic carbocycles. The fourth-order valence-corrected chi connectivity index (χ4v) is 4.70. The van der Waals surface area contributed by atoms with Crippen molar-refractivity contribution < 1.29 is 18.7 Å². The zero-order chi connectivity index (χ0) is 22.0. The van der Waals surface area contributed by atoms with Gasteiger partial charge < -0.3 is 15.0 Å². The topological polar surface area (TPSA) is 58.6 Å². The van der Waals surface area contributed by atoms with Gasteiger partial charge in [0, 0.05) is 23.5 Å². The lowest BCUT2D eigenvalue weighted by molar-refractivity contribution is 0.0735. The first-order valence-corrected chi connectivity index (χ1v) is 10.9. The normalized spacial score (nSPS) is 14.0. The van der Waals surface area contributed by atoms with Crippen LogP contribution in [0.5, 0.6) is 5.75 Å². The Morgan fingerprint density at radius 1 is 1.13 bits per heavy atom. The molecule has 0 fully saturated rings. The van der Waals surface area contributed by atoms with Crippen LogP contribution < -0.4 is 10.1 Å². The molecular weight excluding hydrogens is 415 g/mol. The number of carbonyl (C=O) groups is 2. The minimum atomic E-state index is -0.366. The minimum absolute atomic E-state index is 0.126. The van der Waals surface area contributed by atoms with Gasteiger partial charge in [-0.25, -0.2) is 4.39 Å². The fourth-order valence-electron chi connectivity index (χ4n) is 3.64. The molecule has 1 aliphatic rings. The van der Waals surface area contributed by atoms with Crippen LogP contribution >= 0.6 is 11.3 Å². The van der Waals surface area contributed by atoms with Crippen molar-refractivity contribution in [3.8, 4) is 5.75 Å². The SMILES string of the molecule is COc1ccc(C(C)NC(=O)c2cc3c(s2)CCN(C(=O)c2ccc(F)cc2)C3)cc1. The van der Waals surface area contributed by atoms with Crippen molar-refractivity contribution in [3.63, 3.8) is 0 Å². The maximum Gasteiger partial charge on any atom is 0.261 e. The summed E-state index contributed by atoms with van der Waals surface area (Å²) in [5.41, 5.74) is 2.45. The van der Waals surface area contributed by atoms with E-state index in [0.29, 0.717) is 30.0 Å². The van der Waals surface area contributed by atoms with Crippen molar-refractivity contribution in [3.05, 3.63) is 86.9 Å². The van der Waals surface area contributed by atoms with Gasteiger partial charge >= 0.3 is 0 Å². The number of rotatable bonds is 5. The monoisotopic (exact) mass is 438 g/mol. The van der Waals surface area contributed by atoms with E-state index in [-0.39, 0.29) is 23.7 Å². The number of hydrogen-bond acceptors (Lipinski definition) is 4. The molecule has 3 aromatic rings. The van der Waals surface area contributed by atoms with Crippen molar-refractivity contribution >= 4 is 23.2 Å². The van der Waals surface area contributed by atoms with Gasteiger partial charge in [0.2, 0.25) is 0 Å². The highest BCUT2D eigenvalue weighted by Crippen LogP contribution is 2.29. The molecule has 4 rings (SSSR count). The number of fused-ring (bicyclic) bond motifs is 1. The number of halogens is 1. The number of nitrogens with one attached hydrogen (secondary N) is 1. The summed E-state index contributed by atoms with van der Waals surface area (Å²) in [5, 5.41) is 3.04. The molecule has 5 nitrogen and oxygen atoms in total. The zero-order valence-electron chi connectivity index (χ0n) is 17.4. The van der Waals surface area contributed by atoms with Gasteiger partial charge in [-0.05, 0) is 66.9 Å². The number of amides is 2. The number of nitrogens with zero attached hydrogens (tertiary/aromatic N) is 1. The number of carbonyl (C=O) groups excluding carboxylic acids is 2. The Labute approximate surface area is 184 Å². The molecule has 0 saturated carbocycles. The zero-order valence-corrected chi connectivity index (χ0v) is 18.2. The summed E-state index contributed by atoms with van der Waals surface area (Å²) in [7, 11) is 1.62. The third-order valence-corrected chi connectivity index (χ3v) is 6.67. The lowest BCUT2D eigenvalue weighted by atomic mass is 10.1. The van der Waals surface area contributed by atoms with Crippen molar-refractivity contribution in [1.82, 2.24) is 10.2 Å². The van der Waals surface area contributed by atoms with Crippen LogP contribution in [0, 0.1) is 5.82 Å². The summed E-state index contributed by atoms with van der Waals surface area (Å²) < 4.78 is 18.3. The highest BCUT2D eigenvalue weighted by molar-refractivity contribution is 7.14. The van der Waals surface area contributed by atoms with Crippen LogP contribution in [-0.4, -0.2) is 30.4 Å². The van der Waals surface area contributed by atoms with E-state index in [4.69, 9.17) is 4.74 Å². The highest BCUT2D eigenvalue weighted by Gasteiger charge is 2.25. The van der Waals surface area contributed by atoms with Crippen LogP contribution in [0.25, 0.3) is 0 Å². The van der Waals surface area contributed by atoms with Crippen molar-refractivity contribution in [1.29, 1.82) is 0 Å². The third kappa shape index (κ3) is 4.61. The molecule has 2 amide bonds. The Morgan fingerprint density at radius 3 is 2.52 bits per heavy atom. The van der Waals surface area contributed by atoms with E-state index in [1.54, 1.807) is 12.0 Å². The van der Waals surface area contributed by atoms with Gasteiger partial charge in [-0.2, -0.15) is 0 Å². The van der Waals surface area contributed by atoms with Gasteiger partial charge in [-0.15, -0.1) is 11.3 Å². The van der Waals surface area contributed by atoms with Gasteiger partial charge in [0.15, 0.2) is 0 Å². The quantitative estimate of drug-likeness (QED) is 0.634. The average molecular weight is 439 g/mol. The Balaban J connectivity index is 1.42. The van der Waals surface area contributed by atoms with Crippen LogP contribution in [0.1, 0.15) is 49.0 Å². The standard InChI is InChI=1S/C24H23FN2O3S/c1-15(16-5-9-20(30-2)10-6-16)26-23(28)22-13-18-14-27(12-11-21(18)31-22)24(29)17-3-7-19(25)8-4-17/h3-10,13,15H,11-12,14H2,1-2H3,(H,26,28). The lowest BCUT2D eigenvalue weighted by Crippen LogP contribution is -2.35. The summed E-state index contributed by atoms with van der Waals surface area (Å²) >= 11 is 1.48. The highest BCUT2D eigenvalue weighted by atomic mass is 32.1. The molecule has 31 heavy (non-hydrogen) atoms. The van der Waals surface area contributed by atoms with Gasteiger partial charge in [-0.3, -0.25) is 9.59 Å². The van der Waals surface area contributed by atoms with E-state index in [0.717, 1.165) is 21.8 Å². The first kappa shape index (κ1) is 21.1. The van der Waals surface area contributed by atoms with Crippen LogP contribution in [0.2, 0.25) is 0 Å². The minimum Gasteiger partial charge on any atom is -0.497 e. The number of benzene rings is 2. The van der Waals surface area contributed by atoms with E-state index in [9.17, 15) is 14.0 Å². The maximum absolute atomic E-state index is 13.1. The summed E-state index contributed by atoms with van der Waals surface area (Å²) in [6, 6.07) is 14.9. The molecular formula is C24H23FN2O3S. The molecule has 1 aliphatic heterocycles. The first-order valence-electron chi connectivity index (χ1n) is 10.1. The number of hydrogen-bond donors (Lipinski definition) is 1. The number of methoxy groups -OCH3 is 1. The lowest BCUT2D eigenvalue weighted by Gasteiger charge is -2.27. The van der Waals surface area contributed by atoms with Crippen molar-refractivity contribution in [2.75, 3.05) is 13.7 Å². The first-order chi connectivity index (χ1) is 14.9. The molecule has 1 unspecified atom stereocenters. The fraction of sp³-hybridized carbons (Fsp3) is 0.250. The largest absolute Gasteiger partial charge is 0.497 e. The molecule has 160 valence electrons. The third-order valence-electron chi connectivity index (χ3n) is 5.43. The summed E-state index contributed by atoms with van der Waals surface area (Å²) in [6.45, 7) is 2.96. The molecule has 0 radical (unpaired) electrons. The molecule has 1 atom stereocenters. The van der Waals surface area contributed by atoms with Crippen LogP contribution in [0.3, 0.4) is 0 Å². The average Bonchev–Trinajstić information content (AvgIpc) is 3.23. The predicted octanol–water partition coefficient (Wildman–Crippen LogP) is 4.59. The van der Waals surface area contributed by atoms with E-state index in [1.807, 2.05) is 37.3 Å². The molecule has 7 heteroatoms. The van der Waals surface area contributed by atoms with E-state index < -0.39 is 0 Å². The van der Waals surface area contributed by atoms with E-state index >= 15 is 0 Å². The molecule has 1 aromatic heterocycles. The Bertz CT molecular complexity index is 1090.